The van der Waals surface area contributed by atoms with Crippen LogP contribution in [-0.2, 0) is 0 Å². The summed E-state index contributed by atoms with van der Waals surface area (Å²) in [6.07, 6.45) is 19.3. The lowest BCUT2D eigenvalue weighted by Gasteiger charge is -2.20. The van der Waals surface area contributed by atoms with Crippen LogP contribution in [0.2, 0.25) is 0 Å². The SMILES string of the molecule is CCCCC(CC)COc1ccc(-c2cc(-c3ccc(OCC(CC)CCCC)cc3)cc(-c3ccc(-c4ccc(-c5cc(-c6ccc(OCC(CC)CCCC)cc6)cc(-c6ccc(OCC(CC)CCCC)cc6)c5)c(C)c4C)c(C)c3C)c2)cc1. The van der Waals surface area contributed by atoms with Crippen LogP contribution < -0.4 is 18.9 Å². The van der Waals surface area contributed by atoms with E-state index >= 15 is 0 Å². The highest BCUT2D eigenvalue weighted by Crippen LogP contribution is 2.42. The van der Waals surface area contributed by atoms with E-state index < -0.39 is 0 Å². The first-order valence-electron chi connectivity index (χ1n) is 34.3. The third-order valence-corrected chi connectivity index (χ3v) is 19.2. The van der Waals surface area contributed by atoms with E-state index in [9.17, 15) is 0 Å². The summed E-state index contributed by atoms with van der Waals surface area (Å²) in [7, 11) is 0. The van der Waals surface area contributed by atoms with Crippen LogP contribution >= 0.6 is 0 Å². The lowest BCUT2D eigenvalue weighted by molar-refractivity contribution is 0.233. The van der Waals surface area contributed by atoms with Crippen LogP contribution in [0.25, 0.3) is 77.9 Å². The molecule has 4 unspecified atom stereocenters. The molecule has 0 saturated carbocycles. The molecule has 0 spiro atoms. The smallest absolute Gasteiger partial charge is 0.119 e. The summed E-state index contributed by atoms with van der Waals surface area (Å²) >= 11 is 0. The fourth-order valence-corrected chi connectivity index (χ4v) is 12.5. The third-order valence-electron chi connectivity index (χ3n) is 19.2. The largest absolute Gasteiger partial charge is 0.493 e. The van der Waals surface area contributed by atoms with Gasteiger partial charge in [0.1, 0.15) is 23.0 Å². The van der Waals surface area contributed by atoms with Crippen LogP contribution in [0.1, 0.15) is 180 Å². The number of benzene rings is 8. The fourth-order valence-electron chi connectivity index (χ4n) is 12.5. The summed E-state index contributed by atoms with van der Waals surface area (Å²) in [5.41, 5.74) is 22.0. The van der Waals surface area contributed by atoms with Crippen LogP contribution in [0, 0.1) is 51.4 Å². The molecular formula is C84H106O4. The van der Waals surface area contributed by atoms with E-state index in [1.807, 2.05) is 0 Å². The van der Waals surface area contributed by atoms with Gasteiger partial charge in [-0.1, -0.05) is 205 Å². The Morgan fingerprint density at radius 3 is 0.659 bits per heavy atom. The molecule has 0 bridgehead atoms. The Bertz CT molecular complexity index is 3000. The van der Waals surface area contributed by atoms with Gasteiger partial charge < -0.3 is 18.9 Å². The maximum Gasteiger partial charge on any atom is 0.119 e. The summed E-state index contributed by atoms with van der Waals surface area (Å²) in [6.45, 7) is 30.5. The Morgan fingerprint density at radius 2 is 0.443 bits per heavy atom. The van der Waals surface area contributed by atoms with Crippen LogP contribution in [0.4, 0.5) is 0 Å². The molecule has 4 atom stereocenters. The molecule has 0 heterocycles. The molecule has 0 fully saturated rings. The Hall–Kier alpha value is -7.04. The van der Waals surface area contributed by atoms with E-state index in [2.05, 4.69) is 241 Å². The minimum absolute atomic E-state index is 0.580. The van der Waals surface area contributed by atoms with E-state index in [1.165, 1.54) is 177 Å². The van der Waals surface area contributed by atoms with Gasteiger partial charge >= 0.3 is 0 Å². The van der Waals surface area contributed by atoms with Crippen molar-refractivity contribution in [2.24, 2.45) is 23.7 Å². The summed E-state index contributed by atoms with van der Waals surface area (Å²) in [6, 6.07) is 58.7. The van der Waals surface area contributed by atoms with E-state index in [0.717, 1.165) is 75.1 Å². The molecule has 88 heavy (non-hydrogen) atoms. The zero-order valence-corrected chi connectivity index (χ0v) is 56.1. The van der Waals surface area contributed by atoms with Crippen molar-refractivity contribution in [1.29, 1.82) is 0 Å². The van der Waals surface area contributed by atoms with Crippen molar-refractivity contribution < 1.29 is 18.9 Å². The summed E-state index contributed by atoms with van der Waals surface area (Å²) in [4.78, 5) is 0. The second-order valence-corrected chi connectivity index (χ2v) is 25.4. The molecule has 0 aliphatic rings. The predicted molar refractivity (Wildman–Crippen MR) is 379 cm³/mol. The molecule has 8 aromatic rings. The average molecular weight is 1180 g/mol. The molecule has 466 valence electrons. The van der Waals surface area contributed by atoms with Gasteiger partial charge in [0.25, 0.3) is 0 Å². The van der Waals surface area contributed by atoms with Gasteiger partial charge in [-0.25, -0.2) is 0 Å². The summed E-state index contributed by atoms with van der Waals surface area (Å²) in [5.74, 6) is 6.04. The first kappa shape index (κ1) is 66.9. The Kier molecular flexibility index (Phi) is 25.9. The highest BCUT2D eigenvalue weighted by atomic mass is 16.5. The standard InChI is InChI=1S/C84H106O4/c1-13-21-25-63(17-5)55-85-77-37-29-67(30-38-77)71-49-72(68-31-39-78(40-32-68)86-56-64(18-6)26-22-14-2)52-75(51-71)81-45-47-83(61(11)59(81)9)84-48-46-82(60(10)62(84)12)76-53-73(69-33-41-79(42-34-69)87-57-65(19-7)27-23-15-3)50-74(54-76)70-35-43-80(44-36-70)88-58-66(20-8)28-24-16-4/h29-54,63-66H,13-28,55-58H2,1-12H3. The van der Waals surface area contributed by atoms with Gasteiger partial charge in [-0.15, -0.1) is 0 Å². The Labute approximate surface area is 532 Å². The second-order valence-electron chi connectivity index (χ2n) is 25.4. The van der Waals surface area contributed by atoms with Crippen LogP contribution in [0.15, 0.2) is 158 Å². The average Bonchev–Trinajstić information content (AvgIpc) is 1.31. The minimum atomic E-state index is 0.580. The molecule has 0 radical (unpaired) electrons. The third kappa shape index (κ3) is 18.1. The highest BCUT2D eigenvalue weighted by molar-refractivity contribution is 5.88. The molecule has 8 rings (SSSR count). The van der Waals surface area contributed by atoms with Crippen molar-refractivity contribution in [2.45, 2.75) is 186 Å². The first-order valence-corrected chi connectivity index (χ1v) is 34.3. The van der Waals surface area contributed by atoms with Crippen molar-refractivity contribution in [3.05, 3.63) is 180 Å². The lowest BCUT2D eigenvalue weighted by Crippen LogP contribution is -2.11. The number of hydrogen-bond donors (Lipinski definition) is 0. The van der Waals surface area contributed by atoms with Gasteiger partial charge in [0.05, 0.1) is 26.4 Å². The number of rotatable bonds is 35. The summed E-state index contributed by atoms with van der Waals surface area (Å²) < 4.78 is 25.6. The van der Waals surface area contributed by atoms with Crippen LogP contribution in [0.3, 0.4) is 0 Å². The Morgan fingerprint density at radius 1 is 0.239 bits per heavy atom. The maximum absolute atomic E-state index is 6.40. The van der Waals surface area contributed by atoms with E-state index in [4.69, 9.17) is 18.9 Å². The van der Waals surface area contributed by atoms with E-state index in [0.29, 0.717) is 23.7 Å². The van der Waals surface area contributed by atoms with Gasteiger partial charge in [0, 0.05) is 0 Å². The Balaban J connectivity index is 1.12. The van der Waals surface area contributed by atoms with Gasteiger partial charge in [0.2, 0.25) is 0 Å². The van der Waals surface area contributed by atoms with E-state index in [-0.39, 0.29) is 0 Å². The van der Waals surface area contributed by atoms with Gasteiger partial charge in [0.15, 0.2) is 0 Å². The normalized spacial score (nSPS) is 12.8. The lowest BCUT2D eigenvalue weighted by atomic mass is 9.84. The molecule has 4 heteroatoms. The molecule has 0 aliphatic heterocycles. The van der Waals surface area contributed by atoms with Crippen LogP contribution in [0.5, 0.6) is 23.0 Å². The molecule has 0 amide bonds. The fraction of sp³-hybridized carbons (Fsp3) is 0.429. The number of hydrogen-bond acceptors (Lipinski definition) is 4. The minimum Gasteiger partial charge on any atom is -0.493 e. The van der Waals surface area contributed by atoms with Gasteiger partial charge in [-0.05, 0) is 262 Å². The number of ether oxygens (including phenoxy) is 4. The van der Waals surface area contributed by atoms with Gasteiger partial charge in [-0.2, -0.15) is 0 Å². The zero-order valence-electron chi connectivity index (χ0n) is 56.1. The van der Waals surface area contributed by atoms with Crippen molar-refractivity contribution in [2.75, 3.05) is 26.4 Å². The quantitative estimate of drug-likeness (QED) is 0.0397. The summed E-state index contributed by atoms with van der Waals surface area (Å²) in [5, 5.41) is 0. The van der Waals surface area contributed by atoms with Gasteiger partial charge in [-0.3, -0.25) is 0 Å². The molecular weight excluding hydrogens is 1070 g/mol. The van der Waals surface area contributed by atoms with Crippen molar-refractivity contribution in [3.8, 4) is 101 Å². The van der Waals surface area contributed by atoms with Crippen molar-refractivity contribution >= 4 is 0 Å². The molecule has 0 aromatic heterocycles. The number of unbranched alkanes of at least 4 members (excludes halogenated alkanes) is 4. The first-order chi connectivity index (χ1) is 42.9. The van der Waals surface area contributed by atoms with Crippen LogP contribution in [-0.4, -0.2) is 26.4 Å². The molecule has 4 nitrogen and oxygen atoms in total. The maximum atomic E-state index is 6.40. The predicted octanol–water partition coefficient (Wildman–Crippen LogP) is 25.0. The zero-order chi connectivity index (χ0) is 62.4. The molecule has 0 N–H and O–H groups in total. The second kappa shape index (κ2) is 34.1. The highest BCUT2D eigenvalue weighted by Gasteiger charge is 2.19. The monoisotopic (exact) mass is 1180 g/mol. The molecule has 8 aromatic carbocycles. The van der Waals surface area contributed by atoms with E-state index in [1.54, 1.807) is 0 Å². The van der Waals surface area contributed by atoms with Crippen molar-refractivity contribution in [3.63, 3.8) is 0 Å². The molecule has 0 saturated heterocycles. The molecule has 0 aliphatic carbocycles. The topological polar surface area (TPSA) is 36.9 Å². The van der Waals surface area contributed by atoms with Crippen molar-refractivity contribution in [1.82, 2.24) is 0 Å².